The van der Waals surface area contributed by atoms with Crippen LogP contribution in [0.5, 0.6) is 11.5 Å². The van der Waals surface area contributed by atoms with Gasteiger partial charge in [-0.05, 0) is 92.4 Å². The lowest BCUT2D eigenvalue weighted by atomic mass is 9.38. The lowest BCUT2D eigenvalue weighted by Gasteiger charge is -2.69. The molecule has 0 aromatic heterocycles. The molecule has 2 spiro atoms. The Morgan fingerprint density at radius 1 is 1.08 bits per heavy atom. The number of likely N-dealkylation sites (tertiary alicyclic amines) is 1. The first-order valence-electron chi connectivity index (χ1n) is 14.8. The topological polar surface area (TPSA) is 109 Å². The fraction of sp³-hybridized carbons (Fsp3) is 0.774. The summed E-state index contributed by atoms with van der Waals surface area (Å²) in [5, 5.41) is 36.1. The molecule has 3 N–H and O–H groups in total. The smallest absolute Gasteiger partial charge is 0.338 e. The van der Waals surface area contributed by atoms with Gasteiger partial charge < -0.3 is 29.5 Å². The minimum Gasteiger partial charge on any atom is -0.493 e. The SMILES string of the molecule is CCN1CC2(C)CCC(O)C34C1C(CC23)C12CCC(CC14)C(O)(COC(=O)c1ccc(OC)c(OC)c1)C2O. The molecule has 11 atom stereocenters. The summed E-state index contributed by atoms with van der Waals surface area (Å²) in [6.07, 6.45) is 3.97. The van der Waals surface area contributed by atoms with Crippen molar-refractivity contribution in [3.05, 3.63) is 23.8 Å². The second-order valence-electron chi connectivity index (χ2n) is 13.8. The molecule has 1 saturated heterocycles. The number of ether oxygens (including phenoxy) is 3. The summed E-state index contributed by atoms with van der Waals surface area (Å²) >= 11 is 0. The molecule has 1 aromatic rings. The Kier molecular flexibility index (Phi) is 5.57. The summed E-state index contributed by atoms with van der Waals surface area (Å²) < 4.78 is 16.3. The van der Waals surface area contributed by atoms with E-state index >= 15 is 0 Å². The van der Waals surface area contributed by atoms with E-state index in [0.717, 1.165) is 51.6 Å². The van der Waals surface area contributed by atoms with Crippen LogP contribution in [0.15, 0.2) is 18.2 Å². The summed E-state index contributed by atoms with van der Waals surface area (Å²) in [6, 6.07) is 5.08. The van der Waals surface area contributed by atoms with Crippen molar-refractivity contribution >= 4 is 5.97 Å². The number of carbonyl (C=O) groups is 1. The number of aliphatic hydroxyl groups is 3. The van der Waals surface area contributed by atoms with Gasteiger partial charge in [-0.3, -0.25) is 4.90 Å². The second-order valence-corrected chi connectivity index (χ2v) is 13.8. The van der Waals surface area contributed by atoms with E-state index in [1.165, 1.54) is 14.2 Å². The fourth-order valence-electron chi connectivity index (χ4n) is 11.6. The lowest BCUT2D eigenvalue weighted by Crippen LogP contribution is -2.74. The molecule has 1 heterocycles. The van der Waals surface area contributed by atoms with E-state index in [-0.39, 0.29) is 47.3 Å². The zero-order chi connectivity index (χ0) is 27.5. The highest BCUT2D eigenvalue weighted by molar-refractivity contribution is 5.90. The predicted octanol–water partition coefficient (Wildman–Crippen LogP) is 2.87. The number of benzene rings is 1. The molecule has 6 aliphatic carbocycles. The van der Waals surface area contributed by atoms with Crippen LogP contribution in [0.4, 0.5) is 0 Å². The molecule has 8 heteroatoms. The number of esters is 1. The van der Waals surface area contributed by atoms with Gasteiger partial charge in [0.15, 0.2) is 11.5 Å². The van der Waals surface area contributed by atoms with Gasteiger partial charge in [-0.1, -0.05) is 13.8 Å². The number of carbonyl (C=O) groups excluding carboxylic acids is 1. The summed E-state index contributed by atoms with van der Waals surface area (Å²) in [4.78, 5) is 15.7. The summed E-state index contributed by atoms with van der Waals surface area (Å²) in [5.41, 5.74) is -1.69. The Morgan fingerprint density at radius 2 is 1.85 bits per heavy atom. The molecule has 1 aliphatic heterocycles. The number of rotatable bonds is 6. The van der Waals surface area contributed by atoms with E-state index in [1.54, 1.807) is 18.2 Å². The lowest BCUT2D eigenvalue weighted by molar-refractivity contribution is -0.297. The number of hydrogen-bond donors (Lipinski definition) is 3. The van der Waals surface area contributed by atoms with E-state index in [0.29, 0.717) is 23.0 Å². The number of methoxy groups -OCH3 is 2. The van der Waals surface area contributed by atoms with Crippen LogP contribution in [-0.2, 0) is 4.74 Å². The summed E-state index contributed by atoms with van der Waals surface area (Å²) in [6.45, 7) is 6.40. The molecule has 8 nitrogen and oxygen atoms in total. The van der Waals surface area contributed by atoms with Crippen molar-refractivity contribution in [1.29, 1.82) is 0 Å². The maximum absolute atomic E-state index is 13.1. The van der Waals surface area contributed by atoms with Gasteiger partial charge >= 0.3 is 5.97 Å². The second kappa shape index (κ2) is 8.34. The zero-order valence-corrected chi connectivity index (χ0v) is 23.6. The van der Waals surface area contributed by atoms with Gasteiger partial charge in [-0.2, -0.15) is 0 Å². The van der Waals surface area contributed by atoms with E-state index in [9.17, 15) is 20.1 Å². The largest absolute Gasteiger partial charge is 0.493 e. The Hall–Kier alpha value is -1.87. The Labute approximate surface area is 230 Å². The molecule has 7 aliphatic rings. The fourth-order valence-corrected chi connectivity index (χ4v) is 11.6. The van der Waals surface area contributed by atoms with Crippen LogP contribution in [0, 0.1) is 39.9 Å². The molecular weight excluding hydrogens is 498 g/mol. The first-order valence-corrected chi connectivity index (χ1v) is 14.8. The number of hydrogen-bond acceptors (Lipinski definition) is 8. The molecule has 0 amide bonds. The van der Waals surface area contributed by atoms with Gasteiger partial charge in [-0.25, -0.2) is 4.79 Å². The van der Waals surface area contributed by atoms with Gasteiger partial charge in [0, 0.05) is 23.4 Å². The number of aliphatic hydroxyl groups excluding tert-OH is 2. The quantitative estimate of drug-likeness (QED) is 0.472. The first-order chi connectivity index (χ1) is 18.6. The number of fused-ring (bicyclic) bond motifs is 2. The molecule has 0 radical (unpaired) electrons. The zero-order valence-electron chi connectivity index (χ0n) is 23.6. The molecule has 8 rings (SSSR count). The number of nitrogens with zero attached hydrogens (tertiary/aromatic N) is 1. The average Bonchev–Trinajstić information content (AvgIpc) is 3.40. The van der Waals surface area contributed by atoms with E-state index < -0.39 is 23.1 Å². The highest BCUT2D eigenvalue weighted by Crippen LogP contribution is 2.83. The normalized spacial score (nSPS) is 49.1. The highest BCUT2D eigenvalue weighted by Gasteiger charge is 2.86. The van der Waals surface area contributed by atoms with Crippen molar-refractivity contribution in [1.82, 2.24) is 4.90 Å². The van der Waals surface area contributed by atoms with E-state index in [2.05, 4.69) is 18.7 Å². The van der Waals surface area contributed by atoms with Gasteiger partial charge in [0.1, 0.15) is 12.2 Å². The summed E-state index contributed by atoms with van der Waals surface area (Å²) in [7, 11) is 3.04. The van der Waals surface area contributed by atoms with Crippen LogP contribution in [0.2, 0.25) is 0 Å². The molecule has 39 heavy (non-hydrogen) atoms. The van der Waals surface area contributed by atoms with E-state index in [4.69, 9.17) is 14.2 Å². The van der Waals surface area contributed by atoms with Crippen LogP contribution in [-0.4, -0.2) is 84.0 Å². The van der Waals surface area contributed by atoms with Crippen molar-refractivity contribution < 1.29 is 34.3 Å². The van der Waals surface area contributed by atoms with Crippen molar-refractivity contribution in [2.45, 2.75) is 76.2 Å². The molecule has 214 valence electrons. The summed E-state index contributed by atoms with van der Waals surface area (Å²) in [5.74, 6) is 1.07. The van der Waals surface area contributed by atoms with Crippen LogP contribution in [0.3, 0.4) is 0 Å². The Bertz CT molecular complexity index is 1190. The first kappa shape index (κ1) is 26.1. The average molecular weight is 542 g/mol. The predicted molar refractivity (Wildman–Crippen MR) is 142 cm³/mol. The monoisotopic (exact) mass is 541 g/mol. The minimum atomic E-state index is -1.50. The number of piperidine rings is 1. The van der Waals surface area contributed by atoms with Gasteiger partial charge in [0.05, 0.1) is 32.0 Å². The van der Waals surface area contributed by atoms with Crippen LogP contribution in [0.25, 0.3) is 0 Å². The van der Waals surface area contributed by atoms with Crippen molar-refractivity contribution in [3.63, 3.8) is 0 Å². The maximum atomic E-state index is 13.1. The van der Waals surface area contributed by atoms with Crippen molar-refractivity contribution in [2.75, 3.05) is 33.9 Å². The van der Waals surface area contributed by atoms with Crippen LogP contribution >= 0.6 is 0 Å². The van der Waals surface area contributed by atoms with Crippen LogP contribution < -0.4 is 9.47 Å². The van der Waals surface area contributed by atoms with Gasteiger partial charge in [0.2, 0.25) is 0 Å². The third-order valence-corrected chi connectivity index (χ3v) is 12.9. The molecular formula is C31H43NO7. The third-order valence-electron chi connectivity index (χ3n) is 12.9. The molecule has 11 unspecified atom stereocenters. The van der Waals surface area contributed by atoms with Crippen molar-refractivity contribution in [3.8, 4) is 11.5 Å². The third kappa shape index (κ3) is 2.92. The molecule has 6 saturated carbocycles. The Balaban J connectivity index is 1.20. The molecule has 7 fully saturated rings. The van der Waals surface area contributed by atoms with Crippen LogP contribution in [0.1, 0.15) is 62.7 Å². The standard InChI is InChI=1S/C31H43NO7/c1-5-32-15-28(2)10-9-24(33)31-22(28)14-19(25(31)32)29-11-8-18(13-23(29)31)30(36,27(29)35)16-39-26(34)17-6-7-20(37-3)21(12-17)38-4/h6-7,12,18-19,22-25,27,33,35-36H,5,8-11,13-16H2,1-4H3. The Morgan fingerprint density at radius 3 is 2.56 bits per heavy atom. The molecule has 7 bridgehead atoms. The molecule has 1 aromatic carbocycles. The van der Waals surface area contributed by atoms with Gasteiger partial charge in [0.25, 0.3) is 0 Å². The minimum absolute atomic E-state index is 0.178. The van der Waals surface area contributed by atoms with Gasteiger partial charge in [-0.15, -0.1) is 0 Å². The van der Waals surface area contributed by atoms with Crippen molar-refractivity contribution in [2.24, 2.45) is 39.9 Å². The van der Waals surface area contributed by atoms with E-state index in [1.807, 2.05) is 0 Å². The highest BCUT2D eigenvalue weighted by atomic mass is 16.5. The maximum Gasteiger partial charge on any atom is 0.338 e.